The van der Waals surface area contributed by atoms with E-state index < -0.39 is 300 Å². The number of esters is 2. The molecule has 0 amide bonds. The number of thiol groups is 1. The number of alkyl halides is 2. The lowest BCUT2D eigenvalue weighted by molar-refractivity contribution is -0.260. The third-order valence-corrected chi connectivity index (χ3v) is 31.6. The smallest absolute Gasteiger partial charge is 0.316 e. The second kappa shape index (κ2) is 42.3. The Labute approximate surface area is 871 Å². The van der Waals surface area contributed by atoms with Gasteiger partial charge >= 0.3 is 11.9 Å². The van der Waals surface area contributed by atoms with Gasteiger partial charge in [0.05, 0.1) is 139 Å². The molecular weight excluding hydrogens is 2150 g/mol. The summed E-state index contributed by atoms with van der Waals surface area (Å²) in [5.74, 6) is -11.8. The zero-order chi connectivity index (χ0) is 105. The van der Waals surface area contributed by atoms with Gasteiger partial charge in [-0.1, -0.05) is 74.9 Å². The van der Waals surface area contributed by atoms with Crippen molar-refractivity contribution in [3.05, 3.63) is 155 Å². The van der Waals surface area contributed by atoms with Gasteiger partial charge < -0.3 is 146 Å². The fourth-order valence-electron chi connectivity index (χ4n) is 23.5. The first-order valence-electron chi connectivity index (χ1n) is 48.1. The molecule has 6 aromatic carbocycles. The first kappa shape index (κ1) is 107. The minimum atomic E-state index is -2.29. The quantitative estimate of drug-likeness (QED) is 0.0132. The van der Waals surface area contributed by atoms with Gasteiger partial charge in [0, 0.05) is 166 Å². The monoisotopic (exact) mass is 2260 g/mol. The van der Waals surface area contributed by atoms with E-state index in [1.54, 1.807) is 22.6 Å². The molecule has 0 aromatic heterocycles. The van der Waals surface area contributed by atoms with Crippen LogP contribution in [0.3, 0.4) is 0 Å². The largest absolute Gasteiger partial charge is 0.507 e. The number of ketones is 9. The number of Topliss-reactive ketones (excluding diaryl/α,β-unsaturated/α-hetero) is 3. The van der Waals surface area contributed by atoms with Gasteiger partial charge in [-0.15, -0.1) is 0 Å². The lowest BCUT2D eigenvalue weighted by Crippen LogP contribution is -2.55. The van der Waals surface area contributed by atoms with E-state index in [1.807, 2.05) is 20.8 Å². The summed E-state index contributed by atoms with van der Waals surface area (Å²) in [6.07, 6.45) is -15.0. The second-order valence-electron chi connectivity index (χ2n) is 38.5. The van der Waals surface area contributed by atoms with Crippen molar-refractivity contribution < 1.29 is 199 Å². The molecule has 9 heterocycles. The number of benzene rings is 6. The molecule has 6 aromatic rings. The number of ether oxygens (including phenoxy) is 20. The summed E-state index contributed by atoms with van der Waals surface area (Å²) in [5.41, 5.74) is -10.6. The molecule has 24 atom stereocenters. The fourth-order valence-corrected chi connectivity index (χ4v) is 24.0. The highest BCUT2D eigenvalue weighted by molar-refractivity contribution is 14.1. The summed E-state index contributed by atoms with van der Waals surface area (Å²) >= 11 is 8.95. The van der Waals surface area contributed by atoms with E-state index in [4.69, 9.17) is 94.7 Å². The van der Waals surface area contributed by atoms with Crippen molar-refractivity contribution in [2.24, 2.45) is 0 Å². The summed E-state index contributed by atoms with van der Waals surface area (Å²) in [5, 5.41) is 115. The van der Waals surface area contributed by atoms with Gasteiger partial charge in [0.25, 0.3) is 0 Å². The topological polar surface area (TPSA) is 584 Å². The lowest BCUT2D eigenvalue weighted by Gasteiger charge is -2.43. The van der Waals surface area contributed by atoms with E-state index >= 15 is 0 Å². The molecule has 148 heavy (non-hydrogen) atoms. The molecule has 0 radical (unpaired) electrons. The van der Waals surface area contributed by atoms with Crippen LogP contribution in [-0.2, 0) is 124 Å². The number of carbonyl (C=O) groups is 11. The number of halogens is 2. The Balaban J connectivity index is 0.000000140. The molecule has 794 valence electrons. The maximum atomic E-state index is 14.0. The molecule has 0 spiro atoms. The summed E-state index contributed by atoms with van der Waals surface area (Å²) in [6.45, 7) is 6.18. The van der Waals surface area contributed by atoms with Crippen molar-refractivity contribution in [2.45, 2.75) is 225 Å². The molecule has 9 fully saturated rings. The van der Waals surface area contributed by atoms with Crippen LogP contribution in [0.15, 0.2) is 54.6 Å². The first-order valence-corrected chi connectivity index (χ1v) is 51.4. The van der Waals surface area contributed by atoms with Crippen LogP contribution in [0.1, 0.15) is 207 Å². The number of phenols is 6. The Morgan fingerprint density at radius 3 is 1.05 bits per heavy atom. The van der Waals surface area contributed by atoms with Crippen molar-refractivity contribution >= 4 is 115 Å². The van der Waals surface area contributed by atoms with Crippen molar-refractivity contribution in [3.63, 3.8) is 0 Å². The van der Waals surface area contributed by atoms with Crippen molar-refractivity contribution in [2.75, 3.05) is 117 Å². The van der Waals surface area contributed by atoms with Gasteiger partial charge in [-0.2, -0.15) is 12.6 Å². The Hall–Kier alpha value is -9.83. The molecule has 0 unspecified atom stereocenters. The molecule has 44 nitrogen and oxygen atoms in total. The number of rotatable bonds is 24. The Morgan fingerprint density at radius 2 is 0.743 bits per heavy atom. The molecule has 9 saturated heterocycles. The number of carbonyl (C=O) groups excluding carboxylic acids is 11. The highest BCUT2D eigenvalue weighted by Gasteiger charge is 2.62. The van der Waals surface area contributed by atoms with E-state index in [0.717, 1.165) is 0 Å². The minimum absolute atomic E-state index is 0.0283. The Kier molecular flexibility index (Phi) is 30.5. The number of aromatic hydroxyl groups is 6. The summed E-state index contributed by atoms with van der Waals surface area (Å²) in [4.78, 5) is 153. The van der Waals surface area contributed by atoms with Crippen LogP contribution in [0.25, 0.3) is 0 Å². The maximum Gasteiger partial charge on any atom is 0.316 e. The molecular formula is C101H109BrIN3O41S. The van der Waals surface area contributed by atoms with Crippen molar-refractivity contribution in [1.82, 2.24) is 14.7 Å². The lowest BCUT2D eigenvalue weighted by atomic mass is 9.72. The van der Waals surface area contributed by atoms with Crippen LogP contribution in [0.4, 0.5) is 0 Å². The van der Waals surface area contributed by atoms with Crippen LogP contribution in [0.5, 0.6) is 51.7 Å². The minimum Gasteiger partial charge on any atom is -0.507 e. The average molecular weight is 2260 g/mol. The van der Waals surface area contributed by atoms with Gasteiger partial charge in [0.15, 0.2) is 92.8 Å². The molecule has 21 rings (SSSR count). The van der Waals surface area contributed by atoms with Gasteiger partial charge in [-0.3, -0.25) is 67.4 Å². The van der Waals surface area contributed by atoms with Crippen LogP contribution in [0, 0.1) is 0 Å². The number of aliphatic hydroxyl groups is 4. The van der Waals surface area contributed by atoms with Crippen molar-refractivity contribution in [1.29, 1.82) is 0 Å². The van der Waals surface area contributed by atoms with Crippen LogP contribution in [0.2, 0.25) is 0 Å². The van der Waals surface area contributed by atoms with E-state index in [2.05, 4.69) is 43.3 Å². The van der Waals surface area contributed by atoms with Gasteiger partial charge in [-0.05, 0) is 39.0 Å². The molecule has 0 bridgehead atoms. The summed E-state index contributed by atoms with van der Waals surface area (Å²) < 4.78 is 117. The molecule has 9 aliphatic heterocycles. The number of hydrogen-bond donors (Lipinski definition) is 11. The second-order valence-corrected chi connectivity index (χ2v) is 40.2. The summed E-state index contributed by atoms with van der Waals surface area (Å²) in [6, 6.07) is 12.7. The first-order chi connectivity index (χ1) is 70.9. The maximum absolute atomic E-state index is 14.0. The zero-order valence-electron chi connectivity index (χ0n) is 81.0. The zero-order valence-corrected chi connectivity index (χ0v) is 85.7. The third kappa shape index (κ3) is 18.4. The molecule has 0 saturated carbocycles. The van der Waals surface area contributed by atoms with Gasteiger partial charge in [0.2, 0.25) is 28.9 Å². The molecule has 15 aliphatic rings. The SMILES string of the molecule is COc1cccc2c1C(=O)c1c(O)c3c(c(O)c1C2=O)C[C@@](O)(C(=O)CO)C[C@@H]3O[C@H]1C[C@H]2[C@H](O[C@@H]3[C@@H](OCCS)OCCN32)[C@H](C)O1.COc1cccc2c1C(=O)c1c(O)c3c(c(O)c1C2=O)C[C@@](O)(C(=O)COC(=O)CBr)C[C@@H]3O[C@H]1C[C@H]2[C@H](O[C@@H]3[C@@H](OC)OCCN32)[C@H](C)O1.COc1cccc2c1C(=O)c1c(O)c3c(c(O)c1C2=O)C[C@@](O)(C(=O)COC(=O)CI)C[C@@H]3O[C@H]1C[C@H]2[C@H](O[C@@H]3[C@@H](OC)OCCN32)[C@H](C)O1. The number of hydrogen-bond acceptors (Lipinski definition) is 45. The predicted molar refractivity (Wildman–Crippen MR) is 514 cm³/mol. The van der Waals surface area contributed by atoms with E-state index in [0.29, 0.717) is 51.8 Å². The number of nitrogens with zero attached hydrogens (tertiary/aromatic N) is 3. The van der Waals surface area contributed by atoms with E-state index in [-0.39, 0.29) is 149 Å². The summed E-state index contributed by atoms with van der Waals surface area (Å²) in [7, 11) is 7.08. The normalized spacial score (nSPS) is 31.9. The highest BCUT2D eigenvalue weighted by atomic mass is 127. The highest BCUT2D eigenvalue weighted by Crippen LogP contribution is 2.59. The standard InChI is InChI=1S/C34H36BrNO14.C34H36INO14.C33H37NO13S/c2*1-14-31-17(36-7-8-46-33(45-3)32(36)50-31)9-22(48-14)49-19-11-34(43,20(37)13-47-21(38)12-35)10-16-24(19)30(42)26-25(28(16)40)27(39)15-5-4-6-18(44-2)23(15)29(26)41;1-14-30-17(34-6-7-43-32(31(34)47-30)44-8-9-48)10-21(45-14)46-19-12-33(41,20(36)13-35)11-16-23(19)29(40)25-24(27(16)38)26(37)15-4-3-5-18(42-2)22(15)28(25)39/h2*4-6,14,17,19,22,31-33,40,42-43H,7-13H2,1-3H3;3-5,14,17,19,21,30-32,35,38,40-41,48H,6-13H2,1-2H3/t2*14-,17-,19-,22-,31+,32+,33-,34-;14-,17-,19-,21-,30+,31+,32+,33-/m000/s1. The van der Waals surface area contributed by atoms with Gasteiger partial charge in [-0.25, -0.2) is 0 Å². The molecule has 10 N–H and O–H groups in total. The number of methoxy groups -OCH3 is 5. The fraction of sp³-hybridized carbons (Fsp3) is 0.535. The number of phenolic OH excluding ortho intramolecular Hbond substituents is 6. The average Bonchev–Trinajstić information content (AvgIpc) is 1.00. The molecule has 47 heteroatoms. The van der Waals surface area contributed by atoms with Crippen LogP contribution < -0.4 is 14.2 Å². The van der Waals surface area contributed by atoms with E-state index in [9.17, 15) is 104 Å². The Bertz CT molecular complexity index is 6130. The Morgan fingerprint density at radius 1 is 0.432 bits per heavy atom. The number of aliphatic hydroxyl groups excluding tert-OH is 1. The number of morpholine rings is 3. The van der Waals surface area contributed by atoms with Crippen LogP contribution >= 0.6 is 51.1 Å². The van der Waals surface area contributed by atoms with E-state index in [1.165, 1.54) is 90.1 Å². The predicted octanol–water partition coefficient (Wildman–Crippen LogP) is 4.37. The number of fused-ring (bicyclic) bond motifs is 18. The van der Waals surface area contributed by atoms with Crippen molar-refractivity contribution in [3.8, 4) is 51.7 Å². The van der Waals surface area contributed by atoms with Gasteiger partial charge in [0.1, 0.15) is 98.8 Å². The molecule has 6 aliphatic carbocycles. The van der Waals surface area contributed by atoms with Crippen LogP contribution in [-0.4, -0.2) is 375 Å². The third-order valence-electron chi connectivity index (χ3n) is 30.3.